The first-order chi connectivity index (χ1) is 8.56. The van der Waals surface area contributed by atoms with Gasteiger partial charge in [0, 0.05) is 31.4 Å². The number of rotatable bonds is 4. The third-order valence-electron chi connectivity index (χ3n) is 2.96. The van der Waals surface area contributed by atoms with Crippen molar-refractivity contribution in [2.24, 2.45) is 7.05 Å². The van der Waals surface area contributed by atoms with Gasteiger partial charge in [-0.3, -0.25) is 4.68 Å². The highest BCUT2D eigenvalue weighted by atomic mass is 15.2. The Bertz CT molecular complexity index is 526. The minimum atomic E-state index is 0.489. The Hall–Kier alpha value is -1.61. The van der Waals surface area contributed by atoms with Crippen molar-refractivity contribution in [1.82, 2.24) is 15.1 Å². The summed E-state index contributed by atoms with van der Waals surface area (Å²) in [7, 11) is 1.95. The van der Waals surface area contributed by atoms with E-state index in [0.717, 1.165) is 12.2 Å². The maximum atomic E-state index is 4.50. The van der Waals surface area contributed by atoms with Gasteiger partial charge in [-0.1, -0.05) is 31.5 Å². The fourth-order valence-electron chi connectivity index (χ4n) is 1.96. The first kappa shape index (κ1) is 12.8. The Morgan fingerprint density at radius 1 is 1.28 bits per heavy atom. The molecule has 18 heavy (non-hydrogen) atoms. The second-order valence-electron chi connectivity index (χ2n) is 5.07. The molecule has 1 heterocycles. The normalized spacial score (nSPS) is 11.2. The van der Waals surface area contributed by atoms with E-state index in [9.17, 15) is 0 Å². The van der Waals surface area contributed by atoms with Crippen LogP contribution in [-0.2, 0) is 13.6 Å². The maximum Gasteiger partial charge on any atom is 0.0926 e. The van der Waals surface area contributed by atoms with Crippen LogP contribution in [0.25, 0.3) is 11.3 Å². The molecule has 0 radical (unpaired) electrons. The molecule has 1 aromatic heterocycles. The van der Waals surface area contributed by atoms with Gasteiger partial charge in [0.05, 0.1) is 5.69 Å². The highest BCUT2D eigenvalue weighted by Crippen LogP contribution is 2.23. The molecule has 0 aliphatic rings. The van der Waals surface area contributed by atoms with Crippen molar-refractivity contribution >= 4 is 0 Å². The van der Waals surface area contributed by atoms with Crippen LogP contribution in [0.5, 0.6) is 0 Å². The van der Waals surface area contributed by atoms with Crippen LogP contribution in [0.4, 0.5) is 0 Å². The first-order valence-electron chi connectivity index (χ1n) is 6.39. The molecule has 0 atom stereocenters. The average molecular weight is 243 g/mol. The monoisotopic (exact) mass is 243 g/mol. The lowest BCUT2D eigenvalue weighted by Crippen LogP contribution is -2.22. The van der Waals surface area contributed by atoms with E-state index in [2.05, 4.69) is 55.5 Å². The molecule has 0 saturated carbocycles. The van der Waals surface area contributed by atoms with Crippen LogP contribution < -0.4 is 5.32 Å². The summed E-state index contributed by atoms with van der Waals surface area (Å²) in [6.07, 6.45) is 1.98. The van der Waals surface area contributed by atoms with Gasteiger partial charge in [0.25, 0.3) is 0 Å². The molecule has 0 fully saturated rings. The summed E-state index contributed by atoms with van der Waals surface area (Å²) in [6.45, 7) is 7.32. The Morgan fingerprint density at radius 2 is 2.06 bits per heavy atom. The average Bonchev–Trinajstić information content (AvgIpc) is 2.74. The third-order valence-corrected chi connectivity index (χ3v) is 2.96. The Labute approximate surface area is 109 Å². The molecule has 1 aromatic carbocycles. The van der Waals surface area contributed by atoms with Gasteiger partial charge in [0.1, 0.15) is 0 Å². The molecule has 0 saturated heterocycles. The molecule has 0 spiro atoms. The zero-order valence-corrected chi connectivity index (χ0v) is 11.6. The van der Waals surface area contributed by atoms with Crippen LogP contribution in [0, 0.1) is 6.92 Å². The molecule has 0 unspecified atom stereocenters. The number of hydrogen-bond donors (Lipinski definition) is 1. The smallest absolute Gasteiger partial charge is 0.0926 e. The topological polar surface area (TPSA) is 29.9 Å². The molecule has 0 aliphatic heterocycles. The van der Waals surface area contributed by atoms with Crippen molar-refractivity contribution in [2.45, 2.75) is 33.4 Å². The van der Waals surface area contributed by atoms with Gasteiger partial charge in [-0.2, -0.15) is 5.10 Å². The van der Waals surface area contributed by atoms with Crippen LogP contribution in [0.15, 0.2) is 30.5 Å². The second kappa shape index (κ2) is 5.36. The van der Waals surface area contributed by atoms with E-state index >= 15 is 0 Å². The van der Waals surface area contributed by atoms with Crippen molar-refractivity contribution in [3.63, 3.8) is 0 Å². The molecule has 2 aromatic rings. The van der Waals surface area contributed by atoms with E-state index in [1.807, 2.05) is 17.9 Å². The Balaban J connectivity index is 2.34. The Morgan fingerprint density at radius 3 is 2.67 bits per heavy atom. The number of nitrogens with one attached hydrogen (secondary N) is 1. The van der Waals surface area contributed by atoms with Crippen LogP contribution in [0.3, 0.4) is 0 Å². The van der Waals surface area contributed by atoms with Gasteiger partial charge in [-0.25, -0.2) is 0 Å². The van der Waals surface area contributed by atoms with Crippen molar-refractivity contribution in [3.8, 4) is 11.3 Å². The van der Waals surface area contributed by atoms with E-state index in [0.29, 0.717) is 6.04 Å². The van der Waals surface area contributed by atoms with Gasteiger partial charge in [0.15, 0.2) is 0 Å². The van der Waals surface area contributed by atoms with Crippen LogP contribution in [0.1, 0.15) is 25.0 Å². The molecule has 2 rings (SSSR count). The summed E-state index contributed by atoms with van der Waals surface area (Å²) in [6, 6.07) is 9.11. The van der Waals surface area contributed by atoms with Gasteiger partial charge in [-0.05, 0) is 24.6 Å². The fourth-order valence-corrected chi connectivity index (χ4v) is 1.96. The maximum absolute atomic E-state index is 4.50. The second-order valence-corrected chi connectivity index (χ2v) is 5.07. The lowest BCUT2D eigenvalue weighted by Gasteiger charge is -2.12. The van der Waals surface area contributed by atoms with E-state index in [-0.39, 0.29) is 0 Å². The molecule has 3 heteroatoms. The summed E-state index contributed by atoms with van der Waals surface area (Å²) in [4.78, 5) is 0. The molecule has 96 valence electrons. The zero-order chi connectivity index (χ0) is 13.1. The lowest BCUT2D eigenvalue weighted by atomic mass is 10.0. The fraction of sp³-hybridized carbons (Fsp3) is 0.400. The van der Waals surface area contributed by atoms with Crippen molar-refractivity contribution in [2.75, 3.05) is 0 Å². The summed E-state index contributed by atoms with van der Waals surface area (Å²) in [5.41, 5.74) is 4.84. The van der Waals surface area contributed by atoms with E-state index in [4.69, 9.17) is 0 Å². The van der Waals surface area contributed by atoms with E-state index in [1.165, 1.54) is 16.7 Å². The number of aromatic nitrogens is 2. The van der Waals surface area contributed by atoms with Crippen LogP contribution >= 0.6 is 0 Å². The number of hydrogen-bond acceptors (Lipinski definition) is 2. The standard InChI is InChI=1S/C15H21N3/c1-11(2)16-10-13-6-5-12(3)9-14(13)15-7-8-18(4)17-15/h5-9,11,16H,10H2,1-4H3. The summed E-state index contributed by atoms with van der Waals surface area (Å²) in [5.74, 6) is 0. The number of aryl methyl sites for hydroxylation is 2. The molecule has 0 amide bonds. The van der Waals surface area contributed by atoms with Gasteiger partial charge in [-0.15, -0.1) is 0 Å². The third kappa shape index (κ3) is 2.99. The van der Waals surface area contributed by atoms with Crippen molar-refractivity contribution in [1.29, 1.82) is 0 Å². The molecule has 0 aliphatic carbocycles. The minimum Gasteiger partial charge on any atom is -0.310 e. The molecule has 1 N–H and O–H groups in total. The Kier molecular flexibility index (Phi) is 3.82. The SMILES string of the molecule is Cc1ccc(CNC(C)C)c(-c2ccn(C)n2)c1. The predicted molar refractivity (Wildman–Crippen MR) is 75.4 cm³/mol. The summed E-state index contributed by atoms with van der Waals surface area (Å²) < 4.78 is 1.84. The quantitative estimate of drug-likeness (QED) is 0.895. The van der Waals surface area contributed by atoms with E-state index < -0.39 is 0 Å². The molecular weight excluding hydrogens is 222 g/mol. The number of benzene rings is 1. The predicted octanol–water partition coefficient (Wildman–Crippen LogP) is 2.89. The largest absolute Gasteiger partial charge is 0.310 e. The van der Waals surface area contributed by atoms with Crippen molar-refractivity contribution < 1.29 is 0 Å². The van der Waals surface area contributed by atoms with Crippen LogP contribution in [-0.4, -0.2) is 15.8 Å². The van der Waals surface area contributed by atoms with Crippen molar-refractivity contribution in [3.05, 3.63) is 41.6 Å². The highest BCUT2D eigenvalue weighted by molar-refractivity contribution is 5.64. The van der Waals surface area contributed by atoms with Gasteiger partial charge < -0.3 is 5.32 Å². The van der Waals surface area contributed by atoms with Gasteiger partial charge in [0.2, 0.25) is 0 Å². The van der Waals surface area contributed by atoms with Crippen LogP contribution in [0.2, 0.25) is 0 Å². The number of nitrogens with zero attached hydrogens (tertiary/aromatic N) is 2. The molecule has 3 nitrogen and oxygen atoms in total. The van der Waals surface area contributed by atoms with E-state index in [1.54, 1.807) is 0 Å². The zero-order valence-electron chi connectivity index (χ0n) is 11.6. The first-order valence-corrected chi connectivity index (χ1v) is 6.39. The minimum absolute atomic E-state index is 0.489. The highest BCUT2D eigenvalue weighted by Gasteiger charge is 2.08. The lowest BCUT2D eigenvalue weighted by molar-refractivity contribution is 0.589. The van der Waals surface area contributed by atoms with Gasteiger partial charge >= 0.3 is 0 Å². The molecular formula is C15H21N3. The summed E-state index contributed by atoms with van der Waals surface area (Å²) in [5, 5.41) is 7.96. The molecule has 0 bridgehead atoms. The summed E-state index contributed by atoms with van der Waals surface area (Å²) >= 11 is 0.